The van der Waals surface area contributed by atoms with Crippen LogP contribution >= 0.6 is 0 Å². The Bertz CT molecular complexity index is 1180. The van der Waals surface area contributed by atoms with E-state index in [0.29, 0.717) is 73.2 Å². The van der Waals surface area contributed by atoms with Gasteiger partial charge in [0.15, 0.2) is 0 Å². The van der Waals surface area contributed by atoms with Crippen LogP contribution in [0.4, 0.5) is 0 Å². The SMILES string of the molecule is CC(C)OC1CCCC1.CCC(C)OC.CCCC(C)OC.CCCC(C)OCC.CCCCOCC.CCCOC(C)C.CCCOC(C)CC.CCCOC(C)CCC.CCCOCC.CCOC(C)(C)C.CCOC(C)C.CCOC(C)C.CCOC(C)CC.CCOCC.COC.COC(C)C. The highest BCUT2D eigenvalue weighted by atomic mass is 16.5. The van der Waals surface area contributed by atoms with Crippen molar-refractivity contribution in [3.63, 3.8) is 0 Å². The van der Waals surface area contributed by atoms with Crippen LogP contribution in [0.15, 0.2) is 0 Å². The summed E-state index contributed by atoms with van der Waals surface area (Å²) in [4.78, 5) is 0. The van der Waals surface area contributed by atoms with Crippen molar-refractivity contribution in [1.29, 1.82) is 0 Å². The summed E-state index contributed by atoms with van der Waals surface area (Å²) in [6, 6.07) is 0. The predicted octanol–water partition coefficient (Wildman–Crippen LogP) is 26.6. The average molecular weight is 1550 g/mol. The Kier molecular flexibility index (Phi) is 181. The molecule has 0 radical (unpaired) electrons. The van der Waals surface area contributed by atoms with E-state index in [4.69, 9.17) is 71.1 Å². The van der Waals surface area contributed by atoms with E-state index in [1.807, 2.05) is 104 Å². The van der Waals surface area contributed by atoms with Gasteiger partial charge in [-0.05, 0) is 277 Å². The molecule has 0 aliphatic heterocycles. The molecule has 16 nitrogen and oxygen atoms in total. The van der Waals surface area contributed by atoms with Crippen molar-refractivity contribution in [2.45, 2.75) is 471 Å². The van der Waals surface area contributed by atoms with Crippen LogP contribution in [0.5, 0.6) is 0 Å². The van der Waals surface area contributed by atoms with Crippen LogP contribution in [-0.2, 0) is 75.8 Å². The van der Waals surface area contributed by atoms with Crippen molar-refractivity contribution < 1.29 is 75.8 Å². The Morgan fingerprint density at radius 2 is 0.575 bits per heavy atom. The second kappa shape index (κ2) is 137. The maximum atomic E-state index is 5.61. The Morgan fingerprint density at radius 3 is 0.755 bits per heavy atom. The molecule has 666 valence electrons. The molecule has 106 heavy (non-hydrogen) atoms. The molecule has 0 aromatic rings. The van der Waals surface area contributed by atoms with E-state index in [2.05, 4.69) is 171 Å². The van der Waals surface area contributed by atoms with Gasteiger partial charge in [0.2, 0.25) is 0 Å². The van der Waals surface area contributed by atoms with E-state index in [1.54, 1.807) is 35.5 Å². The van der Waals surface area contributed by atoms with Crippen molar-refractivity contribution in [1.82, 2.24) is 0 Å². The van der Waals surface area contributed by atoms with Gasteiger partial charge in [0.05, 0.1) is 78.8 Å². The van der Waals surface area contributed by atoms with Gasteiger partial charge in [0.25, 0.3) is 0 Å². The van der Waals surface area contributed by atoms with Crippen molar-refractivity contribution in [2.24, 2.45) is 0 Å². The smallest absolute Gasteiger partial charge is 0.0598 e. The molecule has 1 aliphatic rings. The van der Waals surface area contributed by atoms with Crippen LogP contribution < -0.4 is 0 Å². The molecule has 0 saturated heterocycles. The fourth-order valence-electron chi connectivity index (χ4n) is 6.86. The molecular weight excluding hydrogens is 1340 g/mol. The molecule has 1 saturated carbocycles. The van der Waals surface area contributed by atoms with E-state index in [0.717, 1.165) is 137 Å². The molecule has 0 spiro atoms. The van der Waals surface area contributed by atoms with Gasteiger partial charge in [-0.1, -0.05) is 115 Å². The topological polar surface area (TPSA) is 148 Å². The Labute approximate surface area is 671 Å². The number of unbranched alkanes of at least 4 members (excludes halogenated alkanes) is 1. The van der Waals surface area contributed by atoms with Crippen LogP contribution in [0.3, 0.4) is 0 Å². The van der Waals surface area contributed by atoms with E-state index >= 15 is 0 Å². The lowest BCUT2D eigenvalue weighted by molar-refractivity contribution is 0.00528. The average Bonchev–Trinajstić information content (AvgIpc) is 1.86. The fraction of sp³-hybridized carbons (Fsp3) is 1.00. The molecule has 1 fully saturated rings. The number of methoxy groups -OCH3 is 4. The van der Waals surface area contributed by atoms with E-state index in [1.165, 1.54) is 77.0 Å². The number of ether oxygens (including phenoxy) is 16. The maximum absolute atomic E-state index is 5.61. The Balaban J connectivity index is -0.0000000644. The summed E-state index contributed by atoms with van der Waals surface area (Å²) in [6.45, 7) is 93.0. The number of rotatable bonds is 41. The molecule has 1 rings (SSSR count). The van der Waals surface area contributed by atoms with E-state index in [-0.39, 0.29) is 5.60 Å². The highest BCUT2D eigenvalue weighted by molar-refractivity contribution is 4.67. The zero-order valence-electron chi connectivity index (χ0n) is 81.3. The quantitative estimate of drug-likeness (QED) is 0.0534. The molecule has 0 N–H and O–H groups in total. The third kappa shape index (κ3) is 232. The van der Waals surface area contributed by atoms with Gasteiger partial charge in [-0.25, -0.2) is 0 Å². The molecule has 1 aliphatic carbocycles. The van der Waals surface area contributed by atoms with Gasteiger partial charge in [-0.3, -0.25) is 0 Å². The van der Waals surface area contributed by atoms with Gasteiger partial charge < -0.3 is 75.8 Å². The molecule has 16 heteroatoms. The largest absolute Gasteiger partial charge is 0.388 e. The lowest BCUT2D eigenvalue weighted by atomic mass is 10.2. The van der Waals surface area contributed by atoms with Crippen LogP contribution in [0, 0.1) is 0 Å². The second-order valence-corrected chi connectivity index (χ2v) is 27.4. The van der Waals surface area contributed by atoms with Gasteiger partial charge in [-0.15, -0.1) is 0 Å². The third-order valence-electron chi connectivity index (χ3n) is 13.0. The first-order valence-electron chi connectivity index (χ1n) is 43.3. The first-order valence-corrected chi connectivity index (χ1v) is 43.3. The maximum Gasteiger partial charge on any atom is 0.0598 e. The summed E-state index contributed by atoms with van der Waals surface area (Å²) >= 11 is 0. The fourth-order valence-corrected chi connectivity index (χ4v) is 6.86. The Morgan fingerprint density at radius 1 is 0.274 bits per heavy atom. The van der Waals surface area contributed by atoms with Gasteiger partial charge in [0.1, 0.15) is 0 Å². The summed E-state index contributed by atoms with van der Waals surface area (Å²) < 4.78 is 81.1. The summed E-state index contributed by atoms with van der Waals surface area (Å²) in [6.07, 6.45) is 28.2. The minimum Gasteiger partial charge on any atom is -0.388 e. The zero-order chi connectivity index (χ0) is 86.1. The first kappa shape index (κ1) is 141. The lowest BCUT2D eigenvalue weighted by Crippen LogP contribution is -2.18. The monoisotopic (exact) mass is 1550 g/mol. The van der Waals surface area contributed by atoms with Gasteiger partial charge in [-0.2, -0.15) is 0 Å². The minimum atomic E-state index is 0.0503. The lowest BCUT2D eigenvalue weighted by Gasteiger charge is -2.17. The molecule has 0 aromatic heterocycles. The highest BCUT2D eigenvalue weighted by Crippen LogP contribution is 2.21. The zero-order valence-corrected chi connectivity index (χ0v) is 81.3. The van der Waals surface area contributed by atoms with E-state index < -0.39 is 0 Å². The third-order valence-corrected chi connectivity index (χ3v) is 13.0. The van der Waals surface area contributed by atoms with Crippen molar-refractivity contribution in [3.8, 4) is 0 Å². The van der Waals surface area contributed by atoms with Crippen LogP contribution in [0.2, 0.25) is 0 Å². The molecule has 0 bridgehead atoms. The summed E-state index contributed by atoms with van der Waals surface area (Å²) in [5.41, 5.74) is 0.0503. The minimum absolute atomic E-state index is 0.0503. The summed E-state index contributed by atoms with van der Waals surface area (Å²) in [5, 5.41) is 0. The highest BCUT2D eigenvalue weighted by Gasteiger charge is 2.16. The van der Waals surface area contributed by atoms with Crippen LogP contribution in [0.25, 0.3) is 0 Å². The standard InChI is InChI=1S/C8H16O.C8H18O.2C7H16O.5C6H14O.4C5H12O.2C4H10O.C2H6O/c1-7(2)9-8-5-3-4-6-8;1-4-6-8(3)9-7-5-2;1-4-6-7(3)8-5-2;1-4-6-8-7(3)5-2;1-5-7-6(2,3)4;1-4-5-6(2)7-3;1-4-5-7-6(2)3;1-4-6(3)7-5-2;1-3-5-6-7-4-2;1-4-5(2)6-3;2*1-4-6-5(2)3;1-3-5-6-4-2;1-4(2)5-3;1-3-5-4-2;1-3-2/h7-8H,3-6H2,1-2H3;8H,4-7H2,1-3H3;2*7H,4-6H2,1-3H3;5H2,1-4H3;3*6H,4-5H2,1-3H3;3-6H2,1-2H3;3*5H,4H2,1-3H3;3-5H2,1-2H3;4H,1-3H3;3-4H2,1-2H3;1-2H3. The number of hydrogen-bond donors (Lipinski definition) is 0. The van der Waals surface area contributed by atoms with E-state index in [9.17, 15) is 0 Å². The van der Waals surface area contributed by atoms with Crippen LogP contribution in [-0.4, -0.2) is 207 Å². The summed E-state index contributed by atoms with van der Waals surface area (Å²) in [7, 11) is 8.43. The second-order valence-electron chi connectivity index (χ2n) is 27.4. The van der Waals surface area contributed by atoms with Crippen molar-refractivity contribution >= 4 is 0 Å². The normalized spacial score (nSPS) is 12.5. The first-order chi connectivity index (χ1) is 49.9. The Hall–Kier alpha value is -0.640. The molecule has 0 amide bonds. The predicted molar refractivity (Wildman–Crippen MR) is 472 cm³/mol. The molecule has 6 unspecified atom stereocenters. The molecule has 0 aromatic carbocycles. The van der Waals surface area contributed by atoms with Gasteiger partial charge in [0, 0.05) is 128 Å². The summed E-state index contributed by atoms with van der Waals surface area (Å²) in [5.74, 6) is 0. The van der Waals surface area contributed by atoms with Crippen LogP contribution in [0.1, 0.15) is 392 Å². The molecular formula is C90H210O16. The van der Waals surface area contributed by atoms with Crippen molar-refractivity contribution in [3.05, 3.63) is 0 Å². The molecule has 6 atom stereocenters. The number of hydrogen-bond acceptors (Lipinski definition) is 16. The molecule has 0 heterocycles. The van der Waals surface area contributed by atoms with Gasteiger partial charge >= 0.3 is 0 Å². The van der Waals surface area contributed by atoms with Crippen molar-refractivity contribution in [2.75, 3.05) is 128 Å².